The highest BCUT2D eigenvalue weighted by molar-refractivity contribution is 5.94. The van der Waals surface area contributed by atoms with Crippen LogP contribution in [0.2, 0.25) is 0 Å². The van der Waals surface area contributed by atoms with Gasteiger partial charge in [-0.1, -0.05) is 38.8 Å². The lowest BCUT2D eigenvalue weighted by Gasteiger charge is -2.20. The lowest BCUT2D eigenvalue weighted by atomic mass is 10.0. The SMILES string of the molecule is CC(C)C[C@H](N)C(=O)Nc1ccc(CN2CCCCCC2)cc1.Cl.Cl. The molecule has 1 fully saturated rings. The molecule has 2 rings (SSSR count). The zero-order chi connectivity index (χ0) is 16.7. The van der Waals surface area contributed by atoms with Crippen molar-refractivity contribution >= 4 is 36.4 Å². The Morgan fingerprint density at radius 2 is 1.64 bits per heavy atom. The third-order valence-corrected chi connectivity index (χ3v) is 4.39. The summed E-state index contributed by atoms with van der Waals surface area (Å²) in [5.41, 5.74) is 8.05. The molecule has 0 radical (unpaired) electrons. The number of halogens is 2. The molecule has 1 aromatic carbocycles. The van der Waals surface area contributed by atoms with E-state index in [1.165, 1.54) is 44.3 Å². The number of hydrogen-bond donors (Lipinski definition) is 2. The summed E-state index contributed by atoms with van der Waals surface area (Å²) >= 11 is 0. The van der Waals surface area contributed by atoms with Gasteiger partial charge >= 0.3 is 0 Å². The van der Waals surface area contributed by atoms with Crippen LogP contribution in [0.25, 0.3) is 0 Å². The second kappa shape index (κ2) is 12.5. The van der Waals surface area contributed by atoms with Crippen LogP contribution in [0.1, 0.15) is 51.5 Å². The van der Waals surface area contributed by atoms with Crippen LogP contribution in [0.4, 0.5) is 5.69 Å². The maximum atomic E-state index is 12.0. The lowest BCUT2D eigenvalue weighted by molar-refractivity contribution is -0.117. The number of amides is 1. The molecule has 3 N–H and O–H groups in total. The van der Waals surface area contributed by atoms with Crippen molar-refractivity contribution in [1.29, 1.82) is 0 Å². The average molecular weight is 390 g/mol. The smallest absolute Gasteiger partial charge is 0.241 e. The first-order chi connectivity index (χ1) is 11.0. The number of anilines is 1. The van der Waals surface area contributed by atoms with Gasteiger partial charge in [-0.05, 0) is 56.0 Å². The fraction of sp³-hybridized carbons (Fsp3) is 0.632. The van der Waals surface area contributed by atoms with Crippen LogP contribution in [0.15, 0.2) is 24.3 Å². The molecule has 0 aromatic heterocycles. The second-order valence-electron chi connectivity index (χ2n) is 7.11. The predicted molar refractivity (Wildman–Crippen MR) is 111 cm³/mol. The van der Waals surface area contributed by atoms with Crippen molar-refractivity contribution in [3.63, 3.8) is 0 Å². The van der Waals surface area contributed by atoms with Crippen molar-refractivity contribution in [2.24, 2.45) is 11.7 Å². The summed E-state index contributed by atoms with van der Waals surface area (Å²) in [6.45, 7) is 7.54. The van der Waals surface area contributed by atoms with Crippen LogP contribution >= 0.6 is 24.8 Å². The number of carbonyl (C=O) groups is 1. The molecule has 0 bridgehead atoms. The summed E-state index contributed by atoms with van der Waals surface area (Å²) in [5.74, 6) is 0.325. The van der Waals surface area contributed by atoms with E-state index in [0.29, 0.717) is 12.3 Å². The first-order valence-corrected chi connectivity index (χ1v) is 8.92. The van der Waals surface area contributed by atoms with Gasteiger partial charge in [-0.25, -0.2) is 0 Å². The Morgan fingerprint density at radius 3 is 2.16 bits per heavy atom. The van der Waals surface area contributed by atoms with Crippen LogP contribution < -0.4 is 11.1 Å². The molecule has 6 heteroatoms. The summed E-state index contributed by atoms with van der Waals surface area (Å²) < 4.78 is 0. The maximum Gasteiger partial charge on any atom is 0.241 e. The van der Waals surface area contributed by atoms with Gasteiger partial charge in [0.25, 0.3) is 0 Å². The van der Waals surface area contributed by atoms with Gasteiger partial charge in [0.1, 0.15) is 0 Å². The number of nitrogens with one attached hydrogen (secondary N) is 1. The summed E-state index contributed by atoms with van der Waals surface area (Å²) in [6, 6.07) is 7.73. The highest BCUT2D eigenvalue weighted by Crippen LogP contribution is 2.16. The van der Waals surface area contributed by atoms with Gasteiger partial charge in [-0.3, -0.25) is 9.69 Å². The van der Waals surface area contributed by atoms with Crippen molar-refractivity contribution in [1.82, 2.24) is 4.90 Å². The summed E-state index contributed by atoms with van der Waals surface area (Å²) in [7, 11) is 0. The largest absolute Gasteiger partial charge is 0.325 e. The zero-order valence-corrected chi connectivity index (χ0v) is 17.0. The standard InChI is InChI=1S/C19H31N3O.2ClH/c1-15(2)13-18(20)19(23)21-17-9-7-16(8-10-17)14-22-11-5-3-4-6-12-22;;/h7-10,15,18H,3-6,11-14,20H2,1-2H3,(H,21,23);2*1H/t18-;;/m0../s1. The summed E-state index contributed by atoms with van der Waals surface area (Å²) in [6.07, 6.45) is 6.04. The van der Waals surface area contributed by atoms with Gasteiger partial charge in [0.15, 0.2) is 0 Å². The Labute approximate surface area is 164 Å². The number of benzene rings is 1. The van der Waals surface area contributed by atoms with E-state index in [9.17, 15) is 4.79 Å². The Balaban J connectivity index is 0.00000288. The van der Waals surface area contributed by atoms with Crippen molar-refractivity contribution in [2.45, 2.75) is 58.5 Å². The third kappa shape index (κ3) is 8.91. The molecule has 1 aliphatic heterocycles. The minimum Gasteiger partial charge on any atom is -0.325 e. The van der Waals surface area contributed by atoms with Crippen molar-refractivity contribution in [2.75, 3.05) is 18.4 Å². The second-order valence-corrected chi connectivity index (χ2v) is 7.11. The van der Waals surface area contributed by atoms with Gasteiger partial charge < -0.3 is 11.1 Å². The zero-order valence-electron chi connectivity index (χ0n) is 15.4. The van der Waals surface area contributed by atoms with Gasteiger partial charge in [0, 0.05) is 12.2 Å². The van der Waals surface area contributed by atoms with Crippen molar-refractivity contribution in [3.05, 3.63) is 29.8 Å². The number of nitrogens with zero attached hydrogens (tertiary/aromatic N) is 1. The normalized spacial score (nSPS) is 16.3. The molecule has 1 aliphatic rings. The topological polar surface area (TPSA) is 58.4 Å². The molecule has 1 atom stereocenters. The van der Waals surface area contributed by atoms with E-state index >= 15 is 0 Å². The molecular weight excluding hydrogens is 357 g/mol. The van der Waals surface area contributed by atoms with E-state index in [-0.39, 0.29) is 30.7 Å². The highest BCUT2D eigenvalue weighted by atomic mass is 35.5. The molecule has 4 nitrogen and oxygen atoms in total. The van der Waals surface area contributed by atoms with Crippen LogP contribution in [0, 0.1) is 5.92 Å². The molecular formula is C19H33Cl2N3O. The molecule has 25 heavy (non-hydrogen) atoms. The lowest BCUT2D eigenvalue weighted by Crippen LogP contribution is -2.36. The van der Waals surface area contributed by atoms with Crippen LogP contribution in [0.3, 0.4) is 0 Å². The molecule has 1 amide bonds. The molecule has 1 heterocycles. The number of hydrogen-bond acceptors (Lipinski definition) is 3. The molecule has 0 unspecified atom stereocenters. The van der Waals surface area contributed by atoms with E-state index in [2.05, 4.69) is 36.2 Å². The average Bonchev–Trinajstić information content (AvgIpc) is 2.77. The number of rotatable bonds is 6. The van der Waals surface area contributed by atoms with Crippen LogP contribution in [-0.4, -0.2) is 29.9 Å². The molecule has 0 spiro atoms. The van der Waals surface area contributed by atoms with E-state index in [1.54, 1.807) is 0 Å². The molecule has 0 saturated carbocycles. The number of likely N-dealkylation sites (tertiary alicyclic amines) is 1. The number of carbonyl (C=O) groups excluding carboxylic acids is 1. The van der Waals surface area contributed by atoms with Gasteiger partial charge in [0.05, 0.1) is 6.04 Å². The minimum atomic E-state index is -0.438. The molecule has 1 saturated heterocycles. The minimum absolute atomic E-state index is 0. The van der Waals surface area contributed by atoms with Crippen molar-refractivity contribution < 1.29 is 4.79 Å². The van der Waals surface area contributed by atoms with Gasteiger partial charge in [0.2, 0.25) is 5.91 Å². The Hall–Kier alpha value is -0.810. The van der Waals surface area contributed by atoms with Crippen LogP contribution in [0.5, 0.6) is 0 Å². The fourth-order valence-corrected chi connectivity index (χ4v) is 3.10. The number of nitrogens with two attached hydrogens (primary N) is 1. The molecule has 1 aromatic rings. The monoisotopic (exact) mass is 389 g/mol. The van der Waals surface area contributed by atoms with Crippen molar-refractivity contribution in [3.8, 4) is 0 Å². The Morgan fingerprint density at radius 1 is 1.08 bits per heavy atom. The fourth-order valence-electron chi connectivity index (χ4n) is 3.10. The van der Waals surface area contributed by atoms with E-state index in [1.807, 2.05) is 12.1 Å². The Kier molecular flexibility index (Phi) is 12.1. The van der Waals surface area contributed by atoms with E-state index in [0.717, 1.165) is 12.2 Å². The quantitative estimate of drug-likeness (QED) is 0.765. The third-order valence-electron chi connectivity index (χ3n) is 4.39. The summed E-state index contributed by atoms with van der Waals surface area (Å²) in [4.78, 5) is 14.6. The first-order valence-electron chi connectivity index (χ1n) is 8.92. The first kappa shape index (κ1) is 24.2. The Bertz CT molecular complexity index is 486. The van der Waals surface area contributed by atoms with Gasteiger partial charge in [-0.15, -0.1) is 24.8 Å². The maximum absolute atomic E-state index is 12.0. The van der Waals surface area contributed by atoms with Crippen LogP contribution in [-0.2, 0) is 11.3 Å². The van der Waals surface area contributed by atoms with E-state index in [4.69, 9.17) is 5.73 Å². The highest BCUT2D eigenvalue weighted by Gasteiger charge is 2.15. The molecule has 144 valence electrons. The van der Waals surface area contributed by atoms with Gasteiger partial charge in [-0.2, -0.15) is 0 Å². The van der Waals surface area contributed by atoms with E-state index < -0.39 is 6.04 Å². The predicted octanol–water partition coefficient (Wildman–Crippen LogP) is 4.22. The summed E-state index contributed by atoms with van der Waals surface area (Å²) in [5, 5.41) is 2.91. The molecule has 0 aliphatic carbocycles.